The monoisotopic (exact) mass is 553 g/mol. The zero-order valence-corrected chi connectivity index (χ0v) is 20.9. The number of benzene rings is 3. The molecule has 1 heterocycles. The largest absolute Gasteiger partial charge is 0.490 e. The second-order valence-electron chi connectivity index (χ2n) is 7.68. The summed E-state index contributed by atoms with van der Waals surface area (Å²) in [5.41, 5.74) is 5.17. The lowest BCUT2D eigenvalue weighted by Gasteiger charge is -2.15. The van der Waals surface area contributed by atoms with Crippen molar-refractivity contribution in [2.24, 2.45) is 4.99 Å². The smallest absolute Gasteiger partial charge is 0.363 e. The van der Waals surface area contributed by atoms with Crippen molar-refractivity contribution in [2.75, 3.05) is 6.61 Å². The van der Waals surface area contributed by atoms with Crippen LogP contribution in [0.1, 0.15) is 34.7 Å². The van der Waals surface area contributed by atoms with Crippen molar-refractivity contribution in [1.82, 2.24) is 0 Å². The molecule has 0 aromatic heterocycles. The molecule has 168 valence electrons. The van der Waals surface area contributed by atoms with Gasteiger partial charge in [0.05, 0.1) is 10.2 Å². The molecule has 0 atom stereocenters. The van der Waals surface area contributed by atoms with E-state index < -0.39 is 5.97 Å². The van der Waals surface area contributed by atoms with Crippen LogP contribution in [0.2, 0.25) is 0 Å². The number of carbonyl (C=O) groups is 1. The van der Waals surface area contributed by atoms with Crippen LogP contribution in [0.25, 0.3) is 6.08 Å². The van der Waals surface area contributed by atoms with E-state index in [4.69, 9.17) is 14.2 Å². The summed E-state index contributed by atoms with van der Waals surface area (Å²) in [4.78, 5) is 16.9. The Bertz CT molecular complexity index is 1260. The van der Waals surface area contributed by atoms with Crippen LogP contribution in [-0.4, -0.2) is 18.5 Å². The number of rotatable bonds is 7. The Morgan fingerprint density at radius 2 is 1.85 bits per heavy atom. The van der Waals surface area contributed by atoms with Gasteiger partial charge in [-0.05, 0) is 90.4 Å². The van der Waals surface area contributed by atoms with Crippen LogP contribution in [0.4, 0.5) is 0 Å². The number of halogens is 1. The van der Waals surface area contributed by atoms with E-state index in [0.717, 1.165) is 25.8 Å². The lowest BCUT2D eigenvalue weighted by atomic mass is 10.1. The summed E-state index contributed by atoms with van der Waals surface area (Å²) in [7, 11) is 0. The first-order valence-corrected chi connectivity index (χ1v) is 11.8. The molecule has 0 saturated carbocycles. The fourth-order valence-electron chi connectivity index (χ4n) is 3.46. The van der Waals surface area contributed by atoms with E-state index in [1.165, 1.54) is 5.56 Å². The van der Waals surface area contributed by atoms with Crippen LogP contribution in [0, 0.1) is 17.4 Å². The third-order valence-corrected chi connectivity index (χ3v) is 5.96. The number of ether oxygens (including phenoxy) is 3. The van der Waals surface area contributed by atoms with Gasteiger partial charge in [-0.2, -0.15) is 0 Å². The van der Waals surface area contributed by atoms with Gasteiger partial charge in [-0.25, -0.2) is 9.79 Å². The number of hydrogen-bond acceptors (Lipinski definition) is 5. The highest BCUT2D eigenvalue weighted by atomic mass is 127. The summed E-state index contributed by atoms with van der Waals surface area (Å²) in [6.07, 6.45) is 1.71. The Morgan fingerprint density at radius 3 is 2.61 bits per heavy atom. The van der Waals surface area contributed by atoms with Gasteiger partial charge in [0.15, 0.2) is 17.2 Å². The highest BCUT2D eigenvalue weighted by Crippen LogP contribution is 2.36. The maximum absolute atomic E-state index is 12.4. The minimum atomic E-state index is -0.473. The zero-order chi connectivity index (χ0) is 23.4. The van der Waals surface area contributed by atoms with E-state index >= 15 is 0 Å². The number of nitrogens with zero attached hydrogens (tertiary/aromatic N) is 1. The zero-order valence-electron chi connectivity index (χ0n) is 18.7. The first kappa shape index (κ1) is 23.0. The number of aryl methyl sites for hydroxylation is 2. The average Bonchev–Trinajstić information content (AvgIpc) is 3.15. The second-order valence-corrected chi connectivity index (χ2v) is 8.85. The van der Waals surface area contributed by atoms with Crippen molar-refractivity contribution in [1.29, 1.82) is 0 Å². The van der Waals surface area contributed by atoms with E-state index in [1.54, 1.807) is 6.08 Å². The van der Waals surface area contributed by atoms with Crippen molar-refractivity contribution in [3.8, 4) is 11.5 Å². The number of aliphatic imine (C=N–C) groups is 1. The molecule has 4 rings (SSSR count). The summed E-state index contributed by atoms with van der Waals surface area (Å²) in [6, 6.07) is 19.6. The lowest BCUT2D eigenvalue weighted by Crippen LogP contribution is -2.05. The Labute approximate surface area is 207 Å². The standard InChI is InChI=1S/C27H24INO4/c1-4-31-24-15-19(13-22(28)25(24)32-16-21-10-6-5-9-18(21)3)14-23-27(30)33-26(29-23)20-11-7-8-17(2)12-20/h5-15H,4,16H2,1-3H3/b23-14-. The highest BCUT2D eigenvalue weighted by Gasteiger charge is 2.24. The molecule has 0 spiro atoms. The van der Waals surface area contributed by atoms with E-state index in [1.807, 2.05) is 62.4 Å². The first-order valence-electron chi connectivity index (χ1n) is 10.7. The minimum Gasteiger partial charge on any atom is -0.490 e. The third kappa shape index (κ3) is 5.45. The van der Waals surface area contributed by atoms with Gasteiger partial charge in [-0.15, -0.1) is 0 Å². The summed E-state index contributed by atoms with van der Waals surface area (Å²) >= 11 is 2.23. The Hall–Kier alpha value is -3.13. The number of carbonyl (C=O) groups excluding carboxylic acids is 1. The quantitative estimate of drug-likeness (QED) is 0.198. The molecule has 0 saturated heterocycles. The molecule has 1 aliphatic rings. The molecule has 0 N–H and O–H groups in total. The van der Waals surface area contributed by atoms with Gasteiger partial charge < -0.3 is 14.2 Å². The van der Waals surface area contributed by atoms with Gasteiger partial charge in [0.25, 0.3) is 0 Å². The number of hydrogen-bond donors (Lipinski definition) is 0. The summed E-state index contributed by atoms with van der Waals surface area (Å²) in [5.74, 6) is 1.15. The first-order chi connectivity index (χ1) is 15.9. The molecule has 3 aromatic rings. The van der Waals surface area contributed by atoms with Gasteiger partial charge in [0.1, 0.15) is 6.61 Å². The summed E-state index contributed by atoms with van der Waals surface area (Å²) in [5, 5.41) is 0. The van der Waals surface area contributed by atoms with E-state index in [2.05, 4.69) is 46.6 Å². The lowest BCUT2D eigenvalue weighted by molar-refractivity contribution is -0.129. The second kappa shape index (κ2) is 10.2. The van der Waals surface area contributed by atoms with E-state index in [0.29, 0.717) is 30.6 Å². The van der Waals surface area contributed by atoms with Crippen molar-refractivity contribution in [3.63, 3.8) is 0 Å². The molecule has 0 radical (unpaired) electrons. The summed E-state index contributed by atoms with van der Waals surface area (Å²) < 4.78 is 18.3. The van der Waals surface area contributed by atoms with E-state index in [-0.39, 0.29) is 5.70 Å². The van der Waals surface area contributed by atoms with Crippen LogP contribution in [0.15, 0.2) is 71.4 Å². The Morgan fingerprint density at radius 1 is 1.03 bits per heavy atom. The molecule has 3 aromatic carbocycles. The number of esters is 1. The van der Waals surface area contributed by atoms with Crippen molar-refractivity contribution in [3.05, 3.63) is 97.7 Å². The van der Waals surface area contributed by atoms with Crippen molar-refractivity contribution in [2.45, 2.75) is 27.4 Å². The molecular weight excluding hydrogens is 529 g/mol. The van der Waals surface area contributed by atoms with Gasteiger partial charge in [-0.1, -0.05) is 42.0 Å². The molecule has 0 unspecified atom stereocenters. The topological polar surface area (TPSA) is 57.1 Å². The normalized spacial score (nSPS) is 14.2. The maximum Gasteiger partial charge on any atom is 0.363 e. The van der Waals surface area contributed by atoms with Gasteiger partial charge in [-0.3, -0.25) is 0 Å². The Kier molecular flexibility index (Phi) is 7.13. The maximum atomic E-state index is 12.4. The van der Waals surface area contributed by atoms with Crippen LogP contribution >= 0.6 is 22.6 Å². The highest BCUT2D eigenvalue weighted by molar-refractivity contribution is 14.1. The SMILES string of the molecule is CCOc1cc(/C=C2\N=C(c3cccc(C)c3)OC2=O)cc(I)c1OCc1ccccc1C. The van der Waals surface area contributed by atoms with Crippen LogP contribution < -0.4 is 9.47 Å². The van der Waals surface area contributed by atoms with Gasteiger partial charge in [0.2, 0.25) is 5.90 Å². The fourth-order valence-corrected chi connectivity index (χ4v) is 4.25. The molecule has 0 bridgehead atoms. The molecule has 1 aliphatic heterocycles. The van der Waals surface area contributed by atoms with Crippen LogP contribution in [-0.2, 0) is 16.1 Å². The molecular formula is C27H24INO4. The van der Waals surface area contributed by atoms with Crippen LogP contribution in [0.5, 0.6) is 11.5 Å². The van der Waals surface area contributed by atoms with Gasteiger partial charge >= 0.3 is 5.97 Å². The van der Waals surface area contributed by atoms with Crippen LogP contribution in [0.3, 0.4) is 0 Å². The predicted molar refractivity (Wildman–Crippen MR) is 138 cm³/mol. The molecule has 6 heteroatoms. The third-order valence-electron chi connectivity index (χ3n) is 5.15. The molecule has 0 amide bonds. The average molecular weight is 553 g/mol. The predicted octanol–water partition coefficient (Wildman–Crippen LogP) is 6.23. The molecule has 0 fully saturated rings. The fraction of sp³-hybridized carbons (Fsp3) is 0.185. The van der Waals surface area contributed by atoms with E-state index in [9.17, 15) is 4.79 Å². The number of cyclic esters (lactones) is 1. The molecule has 33 heavy (non-hydrogen) atoms. The minimum absolute atomic E-state index is 0.248. The molecule has 5 nitrogen and oxygen atoms in total. The van der Waals surface area contributed by atoms with Gasteiger partial charge in [0, 0.05) is 5.56 Å². The molecule has 0 aliphatic carbocycles. The Balaban J connectivity index is 1.62. The van der Waals surface area contributed by atoms with Crippen molar-refractivity contribution < 1.29 is 19.0 Å². The van der Waals surface area contributed by atoms with Crippen molar-refractivity contribution >= 4 is 40.5 Å². The summed E-state index contributed by atoms with van der Waals surface area (Å²) in [6.45, 7) is 6.91.